The highest BCUT2D eigenvalue weighted by molar-refractivity contribution is 5.99. The van der Waals surface area contributed by atoms with Crippen LogP contribution in [0.5, 0.6) is 0 Å². The van der Waals surface area contributed by atoms with Crippen LogP contribution in [0.1, 0.15) is 74.6 Å². The third kappa shape index (κ3) is 4.96. The zero-order valence-electron chi connectivity index (χ0n) is 20.7. The molecule has 4 rings (SSSR count). The summed E-state index contributed by atoms with van der Waals surface area (Å²) in [5.41, 5.74) is 8.12. The average Bonchev–Trinajstić information content (AvgIpc) is 2.76. The van der Waals surface area contributed by atoms with Gasteiger partial charge in [0.15, 0.2) is 6.10 Å². The van der Waals surface area contributed by atoms with Crippen molar-refractivity contribution in [3.63, 3.8) is 0 Å². The summed E-state index contributed by atoms with van der Waals surface area (Å²) in [5.74, 6) is -0.372. The van der Waals surface area contributed by atoms with Gasteiger partial charge in [-0.05, 0) is 102 Å². The first-order chi connectivity index (χ1) is 15.7. The summed E-state index contributed by atoms with van der Waals surface area (Å²) < 4.78 is 11.8. The molecule has 174 valence electrons. The van der Waals surface area contributed by atoms with E-state index in [2.05, 4.69) is 43.3 Å². The number of carbonyl (C=O) groups excluding carboxylic acids is 1. The van der Waals surface area contributed by atoms with Gasteiger partial charge >= 0.3 is 5.97 Å². The van der Waals surface area contributed by atoms with Crippen molar-refractivity contribution in [3.05, 3.63) is 64.3 Å². The molecule has 4 nitrogen and oxygen atoms in total. The Labute approximate surface area is 197 Å². The molecule has 0 radical (unpaired) electrons. The van der Waals surface area contributed by atoms with E-state index in [1.165, 1.54) is 29.5 Å². The summed E-state index contributed by atoms with van der Waals surface area (Å²) in [4.78, 5) is 18.2. The van der Waals surface area contributed by atoms with Crippen molar-refractivity contribution in [3.8, 4) is 11.1 Å². The van der Waals surface area contributed by atoms with Crippen LogP contribution >= 0.6 is 0 Å². The number of hydrogen-bond donors (Lipinski definition) is 0. The Balaban J connectivity index is 2.05. The number of fused-ring (bicyclic) bond motifs is 2. The second-order valence-electron chi connectivity index (χ2n) is 10.1. The zero-order valence-corrected chi connectivity index (χ0v) is 20.7. The predicted octanol–water partition coefficient (Wildman–Crippen LogP) is 6.82. The van der Waals surface area contributed by atoms with E-state index in [0.717, 1.165) is 46.1 Å². The zero-order chi connectivity index (χ0) is 23.8. The number of esters is 1. The summed E-state index contributed by atoms with van der Waals surface area (Å²) in [5, 5.41) is 1.08. The molecular formula is C29H35NO3. The quantitative estimate of drug-likeness (QED) is 0.405. The molecule has 1 heterocycles. The summed E-state index contributed by atoms with van der Waals surface area (Å²) in [6, 6.07) is 13.0. The standard InChI is InChI=1S/C29H35NO3/c1-7-32-28(31)27(33-29(4,5)6)25-19(3)30-24-17-22-11-9-8-10-21(22)16-23(24)26(25)20-14-12-18(2)13-15-20/h12-17,27H,7-11H2,1-6H3. The van der Waals surface area contributed by atoms with E-state index in [-0.39, 0.29) is 5.97 Å². The minimum absolute atomic E-state index is 0.302. The number of aromatic nitrogens is 1. The molecule has 3 aromatic rings. The minimum atomic E-state index is -0.853. The monoisotopic (exact) mass is 445 g/mol. The Morgan fingerprint density at radius 2 is 1.67 bits per heavy atom. The Morgan fingerprint density at radius 1 is 1.03 bits per heavy atom. The molecule has 33 heavy (non-hydrogen) atoms. The van der Waals surface area contributed by atoms with Gasteiger partial charge in [0.25, 0.3) is 0 Å². The van der Waals surface area contributed by atoms with Crippen molar-refractivity contribution in [2.75, 3.05) is 6.61 Å². The maximum Gasteiger partial charge on any atom is 0.340 e. The van der Waals surface area contributed by atoms with Crippen LogP contribution in [0, 0.1) is 13.8 Å². The smallest absolute Gasteiger partial charge is 0.340 e. The van der Waals surface area contributed by atoms with E-state index in [1.54, 1.807) is 0 Å². The first-order valence-electron chi connectivity index (χ1n) is 12.1. The lowest BCUT2D eigenvalue weighted by Gasteiger charge is -2.29. The van der Waals surface area contributed by atoms with Crippen LogP contribution in [0.2, 0.25) is 0 Å². The van der Waals surface area contributed by atoms with Crippen molar-refractivity contribution in [1.82, 2.24) is 4.98 Å². The van der Waals surface area contributed by atoms with Gasteiger partial charge in [0.05, 0.1) is 17.7 Å². The van der Waals surface area contributed by atoms with E-state index in [9.17, 15) is 4.79 Å². The van der Waals surface area contributed by atoms with Gasteiger partial charge in [0.1, 0.15) is 0 Å². The Morgan fingerprint density at radius 3 is 2.27 bits per heavy atom. The fourth-order valence-electron chi connectivity index (χ4n) is 4.78. The molecule has 0 N–H and O–H groups in total. The third-order valence-electron chi connectivity index (χ3n) is 6.25. The normalized spacial score (nSPS) is 14.7. The molecule has 2 aromatic carbocycles. The molecule has 1 aliphatic carbocycles. The van der Waals surface area contributed by atoms with Crippen molar-refractivity contribution in [2.45, 2.75) is 78.9 Å². The second-order valence-corrected chi connectivity index (χ2v) is 10.1. The molecule has 1 unspecified atom stereocenters. The molecule has 1 aromatic heterocycles. The molecule has 1 atom stereocenters. The van der Waals surface area contributed by atoms with Crippen LogP contribution in [0.25, 0.3) is 22.0 Å². The van der Waals surface area contributed by atoms with Gasteiger partial charge < -0.3 is 9.47 Å². The lowest BCUT2D eigenvalue weighted by Crippen LogP contribution is -2.30. The second kappa shape index (κ2) is 9.26. The molecule has 0 fully saturated rings. The van der Waals surface area contributed by atoms with E-state index in [1.807, 2.05) is 34.6 Å². The van der Waals surface area contributed by atoms with Gasteiger partial charge in [0.2, 0.25) is 0 Å². The van der Waals surface area contributed by atoms with Gasteiger partial charge in [-0.25, -0.2) is 4.79 Å². The van der Waals surface area contributed by atoms with Crippen molar-refractivity contribution < 1.29 is 14.3 Å². The van der Waals surface area contributed by atoms with Crippen molar-refractivity contribution in [1.29, 1.82) is 0 Å². The third-order valence-corrected chi connectivity index (χ3v) is 6.25. The topological polar surface area (TPSA) is 48.4 Å². The number of ether oxygens (including phenoxy) is 2. The van der Waals surface area contributed by atoms with Crippen LogP contribution < -0.4 is 0 Å². The highest BCUT2D eigenvalue weighted by Gasteiger charge is 2.33. The number of benzene rings is 2. The summed E-state index contributed by atoms with van der Waals surface area (Å²) in [7, 11) is 0. The van der Waals surface area contributed by atoms with E-state index >= 15 is 0 Å². The fraction of sp³-hybridized carbons (Fsp3) is 0.448. The van der Waals surface area contributed by atoms with Crippen LogP contribution in [0.15, 0.2) is 36.4 Å². The maximum absolute atomic E-state index is 13.2. The molecule has 0 aliphatic heterocycles. The SMILES string of the molecule is CCOC(=O)C(OC(C)(C)C)c1c(C)nc2cc3c(cc2c1-c1ccc(C)cc1)CCCC3. The largest absolute Gasteiger partial charge is 0.464 e. The Bertz CT molecular complexity index is 1170. The van der Waals surface area contributed by atoms with Gasteiger partial charge in [-0.2, -0.15) is 0 Å². The molecule has 1 aliphatic rings. The average molecular weight is 446 g/mol. The summed E-state index contributed by atoms with van der Waals surface area (Å²) in [6.07, 6.45) is 3.77. The first kappa shape index (κ1) is 23.4. The van der Waals surface area contributed by atoms with Gasteiger partial charge in [-0.3, -0.25) is 4.98 Å². The van der Waals surface area contributed by atoms with Crippen LogP contribution in [0.3, 0.4) is 0 Å². The van der Waals surface area contributed by atoms with E-state index < -0.39 is 11.7 Å². The van der Waals surface area contributed by atoms with Crippen molar-refractivity contribution >= 4 is 16.9 Å². The van der Waals surface area contributed by atoms with Gasteiger partial charge in [-0.1, -0.05) is 29.8 Å². The number of aryl methyl sites for hydroxylation is 4. The molecule has 0 bridgehead atoms. The number of nitrogens with zero attached hydrogens (tertiary/aromatic N) is 1. The lowest BCUT2D eigenvalue weighted by molar-refractivity contribution is -0.166. The molecule has 0 amide bonds. The molecule has 0 saturated heterocycles. The Hall–Kier alpha value is -2.72. The molecule has 4 heteroatoms. The van der Waals surface area contributed by atoms with Gasteiger partial charge in [0, 0.05) is 16.6 Å². The Kier molecular flexibility index (Phi) is 6.58. The lowest BCUT2D eigenvalue weighted by atomic mass is 9.86. The van der Waals surface area contributed by atoms with E-state index in [4.69, 9.17) is 14.5 Å². The molecule has 0 saturated carbocycles. The summed E-state index contributed by atoms with van der Waals surface area (Å²) >= 11 is 0. The van der Waals surface area contributed by atoms with Crippen LogP contribution in [-0.2, 0) is 27.1 Å². The molecule has 0 spiro atoms. The van der Waals surface area contributed by atoms with Crippen LogP contribution in [0.4, 0.5) is 0 Å². The number of carbonyl (C=O) groups is 1. The minimum Gasteiger partial charge on any atom is -0.464 e. The predicted molar refractivity (Wildman–Crippen MR) is 134 cm³/mol. The van der Waals surface area contributed by atoms with Crippen LogP contribution in [-0.4, -0.2) is 23.2 Å². The fourth-order valence-corrected chi connectivity index (χ4v) is 4.78. The number of rotatable bonds is 5. The number of pyridine rings is 1. The number of hydrogen-bond acceptors (Lipinski definition) is 4. The maximum atomic E-state index is 13.2. The summed E-state index contributed by atoms with van der Waals surface area (Å²) in [6.45, 7) is 12.1. The highest BCUT2D eigenvalue weighted by Crippen LogP contribution is 2.41. The van der Waals surface area contributed by atoms with Crippen molar-refractivity contribution in [2.24, 2.45) is 0 Å². The highest BCUT2D eigenvalue weighted by atomic mass is 16.6. The first-order valence-corrected chi connectivity index (χ1v) is 12.1. The van der Waals surface area contributed by atoms with Gasteiger partial charge in [-0.15, -0.1) is 0 Å². The molecular weight excluding hydrogens is 410 g/mol. The van der Waals surface area contributed by atoms with E-state index in [0.29, 0.717) is 6.61 Å².